The second kappa shape index (κ2) is 7.62. The molecule has 1 amide bonds. The fourth-order valence-corrected chi connectivity index (χ4v) is 1.19. The molecule has 100 valence electrons. The summed E-state index contributed by atoms with van der Waals surface area (Å²) in [5.74, 6) is 0.275. The number of hydrogen-bond acceptors (Lipinski definition) is 5. The Bertz CT molecular complexity index is 367. The number of nitrogens with two attached hydrogens (primary N) is 1. The number of anilines is 1. The summed E-state index contributed by atoms with van der Waals surface area (Å²) in [7, 11) is 1.60. The van der Waals surface area contributed by atoms with Gasteiger partial charge < -0.3 is 20.5 Å². The average Bonchev–Trinajstić information content (AvgIpc) is 2.40. The molecular weight excluding hydrogens is 234 g/mol. The lowest BCUT2D eigenvalue weighted by atomic mass is 10.2. The van der Waals surface area contributed by atoms with Gasteiger partial charge in [0.05, 0.1) is 24.5 Å². The van der Waals surface area contributed by atoms with Gasteiger partial charge >= 0.3 is 0 Å². The molecule has 0 bridgehead atoms. The predicted molar refractivity (Wildman–Crippen MR) is 68.5 cm³/mol. The largest absolute Gasteiger partial charge is 0.475 e. The van der Waals surface area contributed by atoms with Crippen molar-refractivity contribution in [3.63, 3.8) is 0 Å². The van der Waals surface area contributed by atoms with Gasteiger partial charge in [-0.2, -0.15) is 0 Å². The lowest BCUT2D eigenvalue weighted by Gasteiger charge is -2.10. The minimum absolute atomic E-state index is 0.215. The Hall–Kier alpha value is -1.66. The van der Waals surface area contributed by atoms with E-state index in [4.69, 9.17) is 15.2 Å². The second-order valence-electron chi connectivity index (χ2n) is 3.73. The first kappa shape index (κ1) is 14.4. The zero-order valence-corrected chi connectivity index (χ0v) is 10.7. The smallest absolute Gasteiger partial charge is 0.241 e. The van der Waals surface area contributed by atoms with Crippen molar-refractivity contribution in [3.05, 3.63) is 18.3 Å². The number of carbonyl (C=O) groups excluding carboxylic acids is 1. The third-order valence-electron chi connectivity index (χ3n) is 2.32. The van der Waals surface area contributed by atoms with E-state index in [-0.39, 0.29) is 5.91 Å². The Morgan fingerprint density at radius 2 is 2.28 bits per heavy atom. The van der Waals surface area contributed by atoms with Gasteiger partial charge in [-0.3, -0.25) is 4.79 Å². The molecule has 18 heavy (non-hydrogen) atoms. The zero-order chi connectivity index (χ0) is 13.4. The lowest BCUT2D eigenvalue weighted by molar-refractivity contribution is -0.117. The number of nitrogens with one attached hydrogen (secondary N) is 1. The quantitative estimate of drug-likeness (QED) is 0.701. The van der Waals surface area contributed by atoms with Crippen molar-refractivity contribution in [2.45, 2.75) is 19.4 Å². The van der Waals surface area contributed by atoms with Crippen LogP contribution in [-0.2, 0) is 9.53 Å². The van der Waals surface area contributed by atoms with E-state index in [2.05, 4.69) is 10.3 Å². The molecule has 1 atom stereocenters. The van der Waals surface area contributed by atoms with Crippen molar-refractivity contribution in [1.29, 1.82) is 0 Å². The molecule has 0 saturated heterocycles. The van der Waals surface area contributed by atoms with Gasteiger partial charge in [-0.15, -0.1) is 0 Å². The maximum atomic E-state index is 11.5. The molecule has 0 aliphatic carbocycles. The van der Waals surface area contributed by atoms with E-state index in [0.29, 0.717) is 31.2 Å². The van der Waals surface area contributed by atoms with Gasteiger partial charge in [0, 0.05) is 13.2 Å². The first-order valence-electron chi connectivity index (χ1n) is 5.81. The monoisotopic (exact) mass is 253 g/mol. The van der Waals surface area contributed by atoms with E-state index in [1.807, 2.05) is 6.92 Å². The van der Waals surface area contributed by atoms with Crippen LogP contribution in [0.15, 0.2) is 18.3 Å². The molecule has 0 aromatic carbocycles. The van der Waals surface area contributed by atoms with Crippen LogP contribution < -0.4 is 15.8 Å². The van der Waals surface area contributed by atoms with Crippen LogP contribution in [0.3, 0.4) is 0 Å². The van der Waals surface area contributed by atoms with Crippen LogP contribution in [-0.4, -0.2) is 37.3 Å². The van der Waals surface area contributed by atoms with E-state index < -0.39 is 6.04 Å². The summed E-state index contributed by atoms with van der Waals surface area (Å²) in [6, 6.07) is 2.90. The molecule has 0 aliphatic heterocycles. The summed E-state index contributed by atoms with van der Waals surface area (Å²) in [5, 5.41) is 2.68. The Balaban J connectivity index is 2.47. The number of amides is 1. The topological polar surface area (TPSA) is 86.5 Å². The van der Waals surface area contributed by atoms with Gasteiger partial charge in [0.25, 0.3) is 0 Å². The van der Waals surface area contributed by atoms with Gasteiger partial charge in [0.2, 0.25) is 11.8 Å². The van der Waals surface area contributed by atoms with E-state index in [0.717, 1.165) is 0 Å². The highest BCUT2D eigenvalue weighted by Crippen LogP contribution is 2.11. The van der Waals surface area contributed by atoms with Gasteiger partial charge in [0.15, 0.2) is 0 Å². The molecule has 1 aromatic heterocycles. The lowest BCUT2D eigenvalue weighted by Crippen LogP contribution is -2.34. The van der Waals surface area contributed by atoms with Crippen molar-refractivity contribution in [3.8, 4) is 5.88 Å². The summed E-state index contributed by atoms with van der Waals surface area (Å²) in [6.07, 6.45) is 2.12. The fraction of sp³-hybridized carbons (Fsp3) is 0.500. The van der Waals surface area contributed by atoms with Crippen molar-refractivity contribution >= 4 is 11.6 Å². The molecule has 6 nitrogen and oxygen atoms in total. The van der Waals surface area contributed by atoms with Crippen molar-refractivity contribution in [2.24, 2.45) is 5.73 Å². The first-order valence-corrected chi connectivity index (χ1v) is 5.81. The average molecular weight is 253 g/mol. The van der Waals surface area contributed by atoms with E-state index in [9.17, 15) is 4.79 Å². The van der Waals surface area contributed by atoms with Crippen molar-refractivity contribution in [2.75, 3.05) is 25.6 Å². The number of nitrogens with zero attached hydrogens (tertiary/aromatic N) is 1. The second-order valence-corrected chi connectivity index (χ2v) is 3.73. The summed E-state index contributed by atoms with van der Waals surface area (Å²) in [5.41, 5.74) is 6.20. The van der Waals surface area contributed by atoms with Crippen molar-refractivity contribution < 1.29 is 14.3 Å². The Labute approximate surface area is 106 Å². The van der Waals surface area contributed by atoms with Gasteiger partial charge in [-0.25, -0.2) is 4.98 Å². The minimum atomic E-state index is -0.498. The van der Waals surface area contributed by atoms with Crippen LogP contribution in [0.5, 0.6) is 5.88 Å². The van der Waals surface area contributed by atoms with E-state index in [1.54, 1.807) is 19.2 Å². The highest BCUT2D eigenvalue weighted by Gasteiger charge is 2.10. The molecule has 0 radical (unpaired) electrons. The maximum absolute atomic E-state index is 11.5. The summed E-state index contributed by atoms with van der Waals surface area (Å²) in [6.45, 7) is 2.80. The Morgan fingerprint density at radius 1 is 1.50 bits per heavy atom. The number of hydrogen-bond donors (Lipinski definition) is 2. The molecule has 0 spiro atoms. The van der Waals surface area contributed by atoms with Crippen LogP contribution in [0.4, 0.5) is 5.69 Å². The number of aromatic nitrogens is 1. The SMILES string of the molecule is CCC(N)C(=O)Nc1ccc(OCCOC)nc1. The number of pyridine rings is 1. The first-order chi connectivity index (χ1) is 8.67. The van der Waals surface area contributed by atoms with E-state index in [1.165, 1.54) is 6.20 Å². The number of ether oxygens (including phenoxy) is 2. The minimum Gasteiger partial charge on any atom is -0.475 e. The third kappa shape index (κ3) is 4.68. The number of rotatable bonds is 7. The summed E-state index contributed by atoms with van der Waals surface area (Å²) < 4.78 is 10.2. The van der Waals surface area contributed by atoms with Gasteiger partial charge in [-0.05, 0) is 12.5 Å². The normalized spacial score (nSPS) is 11.9. The Morgan fingerprint density at radius 3 is 2.83 bits per heavy atom. The summed E-state index contributed by atoms with van der Waals surface area (Å²) >= 11 is 0. The van der Waals surface area contributed by atoms with Crippen LogP contribution in [0.2, 0.25) is 0 Å². The summed E-state index contributed by atoms with van der Waals surface area (Å²) in [4.78, 5) is 15.6. The molecule has 6 heteroatoms. The molecule has 1 aromatic rings. The maximum Gasteiger partial charge on any atom is 0.241 e. The van der Waals surface area contributed by atoms with Crippen LogP contribution in [0.1, 0.15) is 13.3 Å². The fourth-order valence-electron chi connectivity index (χ4n) is 1.19. The standard InChI is InChI=1S/C12H19N3O3/c1-3-10(13)12(16)15-9-4-5-11(14-8-9)18-7-6-17-2/h4-5,8,10H,3,6-7,13H2,1-2H3,(H,15,16). The molecule has 3 N–H and O–H groups in total. The molecule has 1 rings (SSSR count). The molecular formula is C12H19N3O3. The molecule has 0 fully saturated rings. The van der Waals surface area contributed by atoms with Crippen molar-refractivity contribution in [1.82, 2.24) is 4.98 Å². The molecule has 0 saturated carbocycles. The van der Waals surface area contributed by atoms with Gasteiger partial charge in [0.1, 0.15) is 6.61 Å². The third-order valence-corrected chi connectivity index (χ3v) is 2.32. The van der Waals surface area contributed by atoms with Crippen LogP contribution in [0, 0.1) is 0 Å². The Kier molecular flexibility index (Phi) is 6.10. The molecule has 1 heterocycles. The van der Waals surface area contributed by atoms with Crippen LogP contribution in [0.25, 0.3) is 0 Å². The molecule has 1 unspecified atom stereocenters. The predicted octanol–water partition coefficient (Wildman–Crippen LogP) is 0.783. The van der Waals surface area contributed by atoms with Gasteiger partial charge in [-0.1, -0.05) is 6.92 Å². The zero-order valence-electron chi connectivity index (χ0n) is 10.7. The number of carbonyl (C=O) groups is 1. The highest BCUT2D eigenvalue weighted by atomic mass is 16.5. The molecule has 0 aliphatic rings. The number of methoxy groups -OCH3 is 1. The van der Waals surface area contributed by atoms with Crippen LogP contribution >= 0.6 is 0 Å². The van der Waals surface area contributed by atoms with E-state index >= 15 is 0 Å². The highest BCUT2D eigenvalue weighted by molar-refractivity contribution is 5.94.